The number of fused-ring (bicyclic) bond motifs is 4. The van der Waals surface area contributed by atoms with Gasteiger partial charge < -0.3 is 4.42 Å². The summed E-state index contributed by atoms with van der Waals surface area (Å²) in [7, 11) is 0. The van der Waals surface area contributed by atoms with E-state index in [4.69, 9.17) is 21.0 Å². The molecule has 0 fully saturated rings. The van der Waals surface area contributed by atoms with Crippen molar-refractivity contribution < 1.29 is 4.42 Å². The zero-order chi connectivity index (χ0) is 24.1. The molecule has 0 radical (unpaired) electrons. The van der Waals surface area contributed by atoms with Gasteiger partial charge in [-0.3, -0.25) is 0 Å². The highest BCUT2D eigenvalue weighted by atomic mass is 35.5. The fraction of sp³-hybridized carbons (Fsp3) is 0. The van der Waals surface area contributed by atoms with Crippen LogP contribution in [0.2, 0.25) is 5.28 Å². The highest BCUT2D eigenvalue weighted by Gasteiger charge is 2.18. The molecule has 4 nitrogen and oxygen atoms in total. The molecular formula is C31H18ClN3O. The Morgan fingerprint density at radius 2 is 1.08 bits per heavy atom. The highest BCUT2D eigenvalue weighted by Crippen LogP contribution is 2.38. The van der Waals surface area contributed by atoms with Gasteiger partial charge in [0.15, 0.2) is 11.6 Å². The molecule has 5 aromatic carbocycles. The zero-order valence-corrected chi connectivity index (χ0v) is 19.8. The van der Waals surface area contributed by atoms with Crippen LogP contribution >= 0.6 is 11.6 Å². The van der Waals surface area contributed by atoms with Crippen LogP contribution in [0.5, 0.6) is 0 Å². The van der Waals surface area contributed by atoms with Crippen LogP contribution in [0.1, 0.15) is 0 Å². The van der Waals surface area contributed by atoms with Crippen molar-refractivity contribution in [3.05, 3.63) is 114 Å². The maximum atomic E-state index is 6.49. The van der Waals surface area contributed by atoms with Crippen LogP contribution in [-0.4, -0.2) is 15.0 Å². The molecule has 0 aliphatic carbocycles. The second kappa shape index (κ2) is 8.29. The standard InChI is InChI=1S/C31H18ClN3O/c32-31-34-29(23-18-17-20(19-9-2-1-3-10-19)21-11-4-5-12-22(21)23)33-30(35-31)25-14-8-16-27-28(25)24-13-6-7-15-26(24)36-27/h1-18H. The van der Waals surface area contributed by atoms with Crippen molar-refractivity contribution in [3.63, 3.8) is 0 Å². The van der Waals surface area contributed by atoms with Gasteiger partial charge in [0.1, 0.15) is 11.2 Å². The third-order valence-electron chi connectivity index (χ3n) is 6.50. The first kappa shape index (κ1) is 20.8. The summed E-state index contributed by atoms with van der Waals surface area (Å²) in [4.78, 5) is 14.0. The predicted octanol–water partition coefficient (Wildman–Crippen LogP) is 8.58. The summed E-state index contributed by atoms with van der Waals surface area (Å²) in [6, 6.07) is 36.7. The normalized spacial score (nSPS) is 11.5. The molecule has 5 heteroatoms. The monoisotopic (exact) mass is 483 g/mol. The second-order valence-corrected chi connectivity index (χ2v) is 8.94. The molecule has 0 saturated carbocycles. The minimum Gasteiger partial charge on any atom is -0.456 e. The maximum Gasteiger partial charge on any atom is 0.226 e. The van der Waals surface area contributed by atoms with Gasteiger partial charge >= 0.3 is 0 Å². The van der Waals surface area contributed by atoms with E-state index in [0.29, 0.717) is 11.6 Å². The van der Waals surface area contributed by atoms with Crippen LogP contribution in [0, 0.1) is 0 Å². The van der Waals surface area contributed by atoms with Gasteiger partial charge in [0.2, 0.25) is 5.28 Å². The quantitative estimate of drug-likeness (QED) is 0.252. The Hall–Kier alpha value is -4.54. The fourth-order valence-electron chi connectivity index (χ4n) is 4.92. The zero-order valence-electron chi connectivity index (χ0n) is 19.0. The van der Waals surface area contributed by atoms with Crippen LogP contribution in [0.4, 0.5) is 0 Å². The van der Waals surface area contributed by atoms with Crippen molar-refractivity contribution in [1.29, 1.82) is 0 Å². The largest absolute Gasteiger partial charge is 0.456 e. The second-order valence-electron chi connectivity index (χ2n) is 8.60. The molecule has 7 rings (SSSR count). The van der Waals surface area contributed by atoms with Crippen LogP contribution in [0.25, 0.3) is 66.6 Å². The van der Waals surface area contributed by atoms with E-state index in [1.165, 1.54) is 0 Å². The van der Waals surface area contributed by atoms with E-state index in [0.717, 1.165) is 55.0 Å². The molecule has 0 amide bonds. The molecule has 36 heavy (non-hydrogen) atoms. The summed E-state index contributed by atoms with van der Waals surface area (Å²) < 4.78 is 6.07. The van der Waals surface area contributed by atoms with Gasteiger partial charge in [0, 0.05) is 21.9 Å². The lowest BCUT2D eigenvalue weighted by Crippen LogP contribution is -1.98. The van der Waals surface area contributed by atoms with Crippen molar-refractivity contribution in [3.8, 4) is 33.9 Å². The molecule has 2 heterocycles. The van der Waals surface area contributed by atoms with Gasteiger partial charge in [-0.25, -0.2) is 4.98 Å². The molecule has 0 bridgehead atoms. The summed E-state index contributed by atoms with van der Waals surface area (Å²) in [6.07, 6.45) is 0. The van der Waals surface area contributed by atoms with Gasteiger partial charge in [-0.2, -0.15) is 9.97 Å². The lowest BCUT2D eigenvalue weighted by molar-refractivity contribution is 0.669. The molecule has 0 aliphatic heterocycles. The van der Waals surface area contributed by atoms with E-state index in [1.54, 1.807) is 0 Å². The predicted molar refractivity (Wildman–Crippen MR) is 146 cm³/mol. The summed E-state index contributed by atoms with van der Waals surface area (Å²) in [5, 5.41) is 4.31. The summed E-state index contributed by atoms with van der Waals surface area (Å²) in [5.41, 5.74) is 5.68. The van der Waals surface area contributed by atoms with Crippen LogP contribution < -0.4 is 0 Å². The molecule has 7 aromatic rings. The number of nitrogens with zero attached hydrogens (tertiary/aromatic N) is 3. The SMILES string of the molecule is Clc1nc(-c2ccc(-c3ccccc3)c3ccccc23)nc(-c2cccc3oc4ccccc4c23)n1. The van der Waals surface area contributed by atoms with E-state index >= 15 is 0 Å². The number of halogens is 1. The van der Waals surface area contributed by atoms with Crippen LogP contribution in [0.15, 0.2) is 114 Å². The van der Waals surface area contributed by atoms with Crippen molar-refractivity contribution in [1.82, 2.24) is 15.0 Å². The van der Waals surface area contributed by atoms with E-state index in [9.17, 15) is 0 Å². The van der Waals surface area contributed by atoms with Crippen molar-refractivity contribution in [2.45, 2.75) is 0 Å². The van der Waals surface area contributed by atoms with E-state index in [2.05, 4.69) is 64.6 Å². The Kier molecular flexibility index (Phi) is 4.79. The molecule has 0 unspecified atom stereocenters. The molecule has 0 aliphatic rings. The first-order valence-corrected chi connectivity index (χ1v) is 12.0. The first-order valence-electron chi connectivity index (χ1n) is 11.7. The number of rotatable bonds is 3. The Labute approximate surface area is 211 Å². The molecular weight excluding hydrogens is 466 g/mol. The molecule has 0 atom stereocenters. The molecule has 2 aromatic heterocycles. The fourth-order valence-corrected chi connectivity index (χ4v) is 5.08. The van der Waals surface area contributed by atoms with Gasteiger partial charge in [0.25, 0.3) is 0 Å². The number of aromatic nitrogens is 3. The smallest absolute Gasteiger partial charge is 0.226 e. The molecule has 0 saturated heterocycles. The van der Waals surface area contributed by atoms with Crippen LogP contribution in [0.3, 0.4) is 0 Å². The lowest BCUT2D eigenvalue weighted by Gasteiger charge is -2.12. The lowest BCUT2D eigenvalue weighted by atomic mass is 9.95. The van der Waals surface area contributed by atoms with E-state index in [-0.39, 0.29) is 5.28 Å². The summed E-state index contributed by atoms with van der Waals surface area (Å²) in [6.45, 7) is 0. The van der Waals surface area contributed by atoms with Crippen molar-refractivity contribution >= 4 is 44.3 Å². The number of benzene rings is 5. The number of hydrogen-bond donors (Lipinski definition) is 0. The van der Waals surface area contributed by atoms with Crippen molar-refractivity contribution in [2.24, 2.45) is 0 Å². The third-order valence-corrected chi connectivity index (χ3v) is 6.67. The Bertz CT molecular complexity index is 1910. The third kappa shape index (κ3) is 3.35. The van der Waals surface area contributed by atoms with Gasteiger partial charge in [-0.1, -0.05) is 91.0 Å². The Morgan fingerprint density at radius 1 is 0.472 bits per heavy atom. The van der Waals surface area contributed by atoms with Gasteiger partial charge in [-0.15, -0.1) is 0 Å². The number of hydrogen-bond acceptors (Lipinski definition) is 4. The topological polar surface area (TPSA) is 51.8 Å². The molecule has 170 valence electrons. The van der Waals surface area contributed by atoms with E-state index < -0.39 is 0 Å². The Balaban J connectivity index is 1.46. The maximum absolute atomic E-state index is 6.49. The first-order chi connectivity index (χ1) is 17.8. The average molecular weight is 484 g/mol. The number of para-hydroxylation sites is 1. The highest BCUT2D eigenvalue weighted by molar-refractivity contribution is 6.28. The number of furan rings is 1. The summed E-state index contributed by atoms with van der Waals surface area (Å²) >= 11 is 6.49. The van der Waals surface area contributed by atoms with Crippen LogP contribution in [-0.2, 0) is 0 Å². The Morgan fingerprint density at radius 3 is 1.89 bits per heavy atom. The van der Waals surface area contributed by atoms with E-state index in [1.807, 2.05) is 54.6 Å². The van der Waals surface area contributed by atoms with Gasteiger partial charge in [0.05, 0.1) is 0 Å². The van der Waals surface area contributed by atoms with Gasteiger partial charge in [-0.05, 0) is 51.7 Å². The summed E-state index contributed by atoms with van der Waals surface area (Å²) in [5.74, 6) is 1.05. The minimum atomic E-state index is 0.149. The molecule has 0 spiro atoms. The van der Waals surface area contributed by atoms with Crippen molar-refractivity contribution in [2.75, 3.05) is 0 Å². The minimum absolute atomic E-state index is 0.149. The molecule has 0 N–H and O–H groups in total. The average Bonchev–Trinajstić information content (AvgIpc) is 3.31.